The fourth-order valence-electron chi connectivity index (χ4n) is 2.62. The van der Waals surface area contributed by atoms with E-state index < -0.39 is 35.7 Å². The molecular weight excluding hydrogens is 368 g/mol. The standard InChI is InChI=1S/C16H17BrO6/c17-16(15(21)14(20)13(19)12(8-18)23-16)22-11-7-3-5-9-4-1-2-6-10(9)11/h1-7,12-15,18-21H,8H2/t12-,13+,14+,15-,16?/m1/s1. The predicted octanol–water partition coefficient (Wildman–Crippen LogP) is 0.741. The minimum atomic E-state index is -1.79. The molecule has 0 radical (unpaired) electrons. The van der Waals surface area contributed by atoms with Crippen molar-refractivity contribution in [3.63, 3.8) is 0 Å². The Balaban J connectivity index is 1.96. The highest BCUT2D eigenvalue weighted by molar-refractivity contribution is 9.10. The van der Waals surface area contributed by atoms with Crippen LogP contribution in [0.15, 0.2) is 42.5 Å². The molecule has 1 aliphatic rings. The fourth-order valence-corrected chi connectivity index (χ4v) is 3.31. The molecular formula is C16H17BrO6. The van der Waals surface area contributed by atoms with Crippen molar-refractivity contribution < 1.29 is 29.9 Å². The third kappa shape index (κ3) is 2.96. The van der Waals surface area contributed by atoms with Crippen LogP contribution in [0.3, 0.4) is 0 Å². The molecule has 2 aromatic carbocycles. The van der Waals surface area contributed by atoms with E-state index in [4.69, 9.17) is 9.47 Å². The minimum Gasteiger partial charge on any atom is -0.449 e. The lowest BCUT2D eigenvalue weighted by Gasteiger charge is -2.44. The lowest BCUT2D eigenvalue weighted by atomic mass is 9.99. The Morgan fingerprint density at radius 3 is 2.48 bits per heavy atom. The van der Waals surface area contributed by atoms with Crippen LogP contribution in [0.1, 0.15) is 0 Å². The molecule has 0 spiro atoms. The Morgan fingerprint density at radius 1 is 1.04 bits per heavy atom. The molecule has 1 heterocycles. The molecule has 23 heavy (non-hydrogen) atoms. The number of alkyl halides is 1. The third-order valence-electron chi connectivity index (χ3n) is 3.90. The number of fused-ring (bicyclic) bond motifs is 1. The van der Waals surface area contributed by atoms with Crippen molar-refractivity contribution in [2.24, 2.45) is 0 Å². The first-order valence-corrected chi connectivity index (χ1v) is 7.94. The molecule has 1 fully saturated rings. The van der Waals surface area contributed by atoms with Crippen molar-refractivity contribution in [1.82, 2.24) is 0 Å². The van der Waals surface area contributed by atoms with Crippen molar-refractivity contribution in [1.29, 1.82) is 0 Å². The first-order valence-electron chi connectivity index (χ1n) is 7.15. The Kier molecular flexibility index (Phi) is 4.59. The van der Waals surface area contributed by atoms with Gasteiger partial charge in [0.15, 0.2) is 6.10 Å². The first kappa shape index (κ1) is 16.6. The highest BCUT2D eigenvalue weighted by Gasteiger charge is 2.54. The molecule has 3 rings (SSSR count). The van der Waals surface area contributed by atoms with Gasteiger partial charge in [0, 0.05) is 5.39 Å². The molecule has 6 nitrogen and oxygen atoms in total. The Morgan fingerprint density at radius 2 is 1.74 bits per heavy atom. The average molecular weight is 385 g/mol. The summed E-state index contributed by atoms with van der Waals surface area (Å²) >= 11 is 3.16. The summed E-state index contributed by atoms with van der Waals surface area (Å²) < 4.78 is 9.45. The van der Waals surface area contributed by atoms with Gasteiger partial charge in [-0.1, -0.05) is 36.4 Å². The van der Waals surface area contributed by atoms with E-state index in [0.717, 1.165) is 10.8 Å². The van der Waals surface area contributed by atoms with Crippen molar-refractivity contribution in [2.45, 2.75) is 29.1 Å². The van der Waals surface area contributed by atoms with Gasteiger partial charge in [0.05, 0.1) is 6.61 Å². The van der Waals surface area contributed by atoms with Crippen LogP contribution in [0.4, 0.5) is 0 Å². The van der Waals surface area contributed by atoms with Gasteiger partial charge in [-0.05, 0) is 27.4 Å². The van der Waals surface area contributed by atoms with E-state index in [1.807, 2.05) is 30.3 Å². The van der Waals surface area contributed by atoms with E-state index in [9.17, 15) is 20.4 Å². The van der Waals surface area contributed by atoms with Crippen molar-refractivity contribution in [3.05, 3.63) is 42.5 Å². The van der Waals surface area contributed by atoms with Gasteiger partial charge >= 0.3 is 0 Å². The maximum absolute atomic E-state index is 10.2. The second kappa shape index (κ2) is 6.35. The molecule has 1 aliphatic heterocycles. The van der Waals surface area contributed by atoms with Crippen LogP contribution in [-0.4, -0.2) is 56.1 Å². The molecule has 4 N–H and O–H groups in total. The zero-order valence-corrected chi connectivity index (χ0v) is 13.6. The summed E-state index contributed by atoms with van der Waals surface area (Å²) in [6.45, 7) is -0.531. The van der Waals surface area contributed by atoms with E-state index in [0.29, 0.717) is 5.75 Å². The molecule has 2 aromatic rings. The number of halogens is 1. The van der Waals surface area contributed by atoms with Crippen LogP contribution >= 0.6 is 15.9 Å². The highest BCUT2D eigenvalue weighted by Crippen LogP contribution is 2.39. The second-order valence-electron chi connectivity index (χ2n) is 5.43. The van der Waals surface area contributed by atoms with Gasteiger partial charge in [-0.25, -0.2) is 0 Å². The topological polar surface area (TPSA) is 99.4 Å². The summed E-state index contributed by atoms with van der Waals surface area (Å²) in [5.41, 5.74) is 0. The van der Waals surface area contributed by atoms with Crippen LogP contribution in [0.2, 0.25) is 0 Å². The molecule has 124 valence electrons. The Hall–Kier alpha value is -1.22. The molecule has 0 amide bonds. The molecule has 5 atom stereocenters. The number of rotatable bonds is 3. The van der Waals surface area contributed by atoms with Gasteiger partial charge < -0.3 is 29.9 Å². The number of hydrogen-bond donors (Lipinski definition) is 4. The predicted molar refractivity (Wildman–Crippen MR) is 86.2 cm³/mol. The van der Waals surface area contributed by atoms with E-state index in [1.54, 1.807) is 12.1 Å². The smallest absolute Gasteiger partial charge is 0.297 e. The van der Waals surface area contributed by atoms with Crippen LogP contribution < -0.4 is 4.74 Å². The fraction of sp³-hybridized carbons (Fsp3) is 0.375. The van der Waals surface area contributed by atoms with Crippen molar-refractivity contribution in [3.8, 4) is 5.75 Å². The second-order valence-corrected chi connectivity index (χ2v) is 6.53. The molecule has 0 aliphatic carbocycles. The van der Waals surface area contributed by atoms with Gasteiger partial charge in [0.2, 0.25) is 0 Å². The zero-order chi connectivity index (χ0) is 16.6. The molecule has 0 bridgehead atoms. The molecule has 0 aromatic heterocycles. The monoisotopic (exact) mass is 384 g/mol. The summed E-state index contributed by atoms with van der Waals surface area (Å²) in [5.74, 6) is 0.430. The van der Waals surface area contributed by atoms with E-state index >= 15 is 0 Å². The molecule has 1 saturated heterocycles. The maximum Gasteiger partial charge on any atom is 0.297 e. The number of aliphatic hydroxyl groups is 4. The zero-order valence-electron chi connectivity index (χ0n) is 12.0. The highest BCUT2D eigenvalue weighted by atomic mass is 79.9. The van der Waals surface area contributed by atoms with Crippen LogP contribution in [-0.2, 0) is 4.74 Å². The van der Waals surface area contributed by atoms with Crippen molar-refractivity contribution >= 4 is 26.7 Å². The van der Waals surface area contributed by atoms with Gasteiger partial charge in [0.1, 0.15) is 24.1 Å². The number of ether oxygens (including phenoxy) is 2. The molecule has 0 saturated carbocycles. The van der Waals surface area contributed by atoms with Gasteiger partial charge in [-0.2, -0.15) is 0 Å². The molecule has 7 heteroatoms. The normalized spacial score (nSPS) is 34.5. The number of hydrogen-bond acceptors (Lipinski definition) is 6. The summed E-state index contributed by atoms with van der Waals surface area (Å²) in [7, 11) is 0. The summed E-state index contributed by atoms with van der Waals surface area (Å²) in [6, 6.07) is 12.9. The minimum absolute atomic E-state index is 0.430. The largest absolute Gasteiger partial charge is 0.449 e. The molecule has 1 unspecified atom stereocenters. The van der Waals surface area contributed by atoms with Crippen LogP contribution in [0, 0.1) is 0 Å². The van der Waals surface area contributed by atoms with Crippen molar-refractivity contribution in [2.75, 3.05) is 6.61 Å². The van der Waals surface area contributed by atoms with Gasteiger partial charge in [0.25, 0.3) is 4.70 Å². The number of benzene rings is 2. The summed E-state index contributed by atoms with van der Waals surface area (Å²) in [5, 5.41) is 41.0. The Bertz CT molecular complexity index is 688. The van der Waals surface area contributed by atoms with E-state index in [-0.39, 0.29) is 0 Å². The quantitative estimate of drug-likeness (QED) is 0.582. The summed E-state index contributed by atoms with van der Waals surface area (Å²) in [4.78, 5) is 0. The lowest BCUT2D eigenvalue weighted by molar-refractivity contribution is -0.291. The maximum atomic E-state index is 10.2. The van der Waals surface area contributed by atoms with Crippen LogP contribution in [0.25, 0.3) is 10.8 Å². The van der Waals surface area contributed by atoms with Gasteiger partial charge in [-0.3, -0.25) is 0 Å². The van der Waals surface area contributed by atoms with Crippen LogP contribution in [0.5, 0.6) is 5.75 Å². The average Bonchev–Trinajstić information content (AvgIpc) is 2.57. The lowest BCUT2D eigenvalue weighted by Crippen LogP contribution is -2.64. The number of aliphatic hydroxyl groups excluding tert-OH is 4. The van der Waals surface area contributed by atoms with E-state index in [1.165, 1.54) is 0 Å². The summed E-state index contributed by atoms with van der Waals surface area (Å²) in [6.07, 6.45) is -5.60. The van der Waals surface area contributed by atoms with E-state index in [2.05, 4.69) is 15.9 Å². The Labute approximate surface area is 141 Å². The SMILES string of the molecule is OC[C@H]1OC(Br)(Oc2cccc3ccccc23)[C@H](O)[C@@H](O)[C@H]1O. The first-order chi connectivity index (χ1) is 11.0. The third-order valence-corrected chi connectivity index (χ3v) is 4.72. The van der Waals surface area contributed by atoms with Gasteiger partial charge in [-0.15, -0.1) is 0 Å².